The zero-order chi connectivity index (χ0) is 18.4. The maximum atomic E-state index is 12.7. The van der Waals surface area contributed by atoms with E-state index in [1.807, 2.05) is 0 Å². The van der Waals surface area contributed by atoms with Crippen LogP contribution in [0.25, 0.3) is 0 Å². The molecule has 1 unspecified atom stereocenters. The molecule has 0 spiro atoms. The summed E-state index contributed by atoms with van der Waals surface area (Å²) in [5.41, 5.74) is 5.78. The number of rotatable bonds is 8. The van der Waals surface area contributed by atoms with E-state index in [2.05, 4.69) is 19.0 Å². The molecule has 7 nitrogen and oxygen atoms in total. The van der Waals surface area contributed by atoms with Gasteiger partial charge in [-0.15, -0.1) is 0 Å². The van der Waals surface area contributed by atoms with Gasteiger partial charge in [-0.1, -0.05) is 31.8 Å². The first-order chi connectivity index (χ1) is 11.8. The molecule has 2 N–H and O–H groups in total. The van der Waals surface area contributed by atoms with Gasteiger partial charge in [-0.2, -0.15) is 0 Å². The molecule has 1 atom stereocenters. The van der Waals surface area contributed by atoms with Crippen LogP contribution < -0.4 is 5.73 Å². The number of carbonyl (C=O) groups is 1. The van der Waals surface area contributed by atoms with Crippen molar-refractivity contribution >= 4 is 21.6 Å². The van der Waals surface area contributed by atoms with Crippen molar-refractivity contribution in [2.45, 2.75) is 70.9 Å². The SMILES string of the molecule is CC(C)CC/C(N)=N/OCC(=O)N(C1CCCC1)C1CCS(=O)(=O)C1. The lowest BCUT2D eigenvalue weighted by atomic mass is 10.1. The Morgan fingerprint density at radius 3 is 2.48 bits per heavy atom. The maximum absolute atomic E-state index is 12.7. The van der Waals surface area contributed by atoms with Crippen molar-refractivity contribution in [1.82, 2.24) is 4.90 Å². The van der Waals surface area contributed by atoms with Gasteiger partial charge in [0.05, 0.1) is 11.5 Å². The number of hydrogen-bond acceptors (Lipinski definition) is 5. The maximum Gasteiger partial charge on any atom is 0.263 e. The van der Waals surface area contributed by atoms with Gasteiger partial charge >= 0.3 is 0 Å². The first kappa shape index (κ1) is 20.0. The van der Waals surface area contributed by atoms with Crippen LogP contribution in [0.1, 0.15) is 58.8 Å². The molecule has 2 fully saturated rings. The van der Waals surface area contributed by atoms with Crippen LogP contribution in [-0.2, 0) is 19.5 Å². The van der Waals surface area contributed by atoms with Crippen molar-refractivity contribution in [3.8, 4) is 0 Å². The molecule has 1 saturated carbocycles. The second kappa shape index (κ2) is 8.87. The van der Waals surface area contributed by atoms with E-state index in [-0.39, 0.29) is 36.1 Å². The molecule has 0 bridgehead atoms. The lowest BCUT2D eigenvalue weighted by Gasteiger charge is -2.33. The second-order valence-corrected chi connectivity index (χ2v) is 9.81. The molecule has 2 rings (SSSR count). The lowest BCUT2D eigenvalue weighted by molar-refractivity contribution is -0.140. The first-order valence-corrected chi connectivity index (χ1v) is 11.1. The van der Waals surface area contributed by atoms with E-state index in [4.69, 9.17) is 10.6 Å². The Labute approximate surface area is 150 Å². The third-order valence-electron chi connectivity index (χ3n) is 4.96. The van der Waals surface area contributed by atoms with Gasteiger partial charge in [-0.05, 0) is 31.6 Å². The van der Waals surface area contributed by atoms with Gasteiger partial charge in [0.1, 0.15) is 5.84 Å². The molecule has 0 aromatic rings. The largest absolute Gasteiger partial charge is 0.384 e. The second-order valence-electron chi connectivity index (χ2n) is 7.58. The molecule has 1 amide bonds. The summed E-state index contributed by atoms with van der Waals surface area (Å²) in [5, 5.41) is 3.83. The predicted molar refractivity (Wildman–Crippen MR) is 97.8 cm³/mol. The summed E-state index contributed by atoms with van der Waals surface area (Å²) in [6.07, 6.45) is 6.10. The Morgan fingerprint density at radius 2 is 1.92 bits per heavy atom. The molecule has 1 heterocycles. The summed E-state index contributed by atoms with van der Waals surface area (Å²) in [5.74, 6) is 0.953. The van der Waals surface area contributed by atoms with Gasteiger partial charge in [0.15, 0.2) is 16.4 Å². The number of sulfone groups is 1. The van der Waals surface area contributed by atoms with Gasteiger partial charge in [-0.25, -0.2) is 8.42 Å². The highest BCUT2D eigenvalue weighted by Gasteiger charge is 2.39. The van der Waals surface area contributed by atoms with Crippen molar-refractivity contribution in [3.05, 3.63) is 0 Å². The van der Waals surface area contributed by atoms with E-state index in [1.165, 1.54) is 0 Å². The Hall–Kier alpha value is -1.31. The normalized spacial score (nSPS) is 24.0. The molecule has 144 valence electrons. The van der Waals surface area contributed by atoms with E-state index in [0.29, 0.717) is 24.6 Å². The van der Waals surface area contributed by atoms with E-state index in [0.717, 1.165) is 32.1 Å². The standard InChI is InChI=1S/C17H31N3O4S/c1-13(2)7-8-16(18)19-24-11-17(21)20(14-5-3-4-6-14)15-9-10-25(22,23)12-15/h13-15H,3-12H2,1-2H3,(H2,18,19). The van der Waals surface area contributed by atoms with E-state index >= 15 is 0 Å². The number of oxime groups is 1. The highest BCUT2D eigenvalue weighted by molar-refractivity contribution is 7.91. The number of nitrogens with two attached hydrogens (primary N) is 1. The van der Waals surface area contributed by atoms with Crippen molar-refractivity contribution in [2.75, 3.05) is 18.1 Å². The fourth-order valence-electron chi connectivity index (χ4n) is 3.61. The number of amidine groups is 1. The minimum absolute atomic E-state index is 0.0645. The van der Waals surface area contributed by atoms with Crippen molar-refractivity contribution in [2.24, 2.45) is 16.8 Å². The van der Waals surface area contributed by atoms with Crippen LogP contribution in [-0.4, -0.2) is 55.3 Å². The first-order valence-electron chi connectivity index (χ1n) is 9.24. The van der Waals surface area contributed by atoms with Crippen LogP contribution in [0.2, 0.25) is 0 Å². The van der Waals surface area contributed by atoms with Gasteiger partial charge in [0.2, 0.25) is 0 Å². The van der Waals surface area contributed by atoms with Crippen LogP contribution in [0.5, 0.6) is 0 Å². The van der Waals surface area contributed by atoms with Crippen LogP contribution in [0.4, 0.5) is 0 Å². The molecular formula is C17H31N3O4S. The van der Waals surface area contributed by atoms with E-state index in [1.54, 1.807) is 4.90 Å². The predicted octanol–water partition coefficient (Wildman–Crippen LogP) is 1.67. The highest BCUT2D eigenvalue weighted by atomic mass is 32.2. The zero-order valence-electron chi connectivity index (χ0n) is 15.3. The van der Waals surface area contributed by atoms with E-state index in [9.17, 15) is 13.2 Å². The van der Waals surface area contributed by atoms with Gasteiger partial charge in [0, 0.05) is 18.5 Å². The summed E-state index contributed by atoms with van der Waals surface area (Å²) in [4.78, 5) is 19.6. The van der Waals surface area contributed by atoms with Crippen LogP contribution >= 0.6 is 0 Å². The Kier molecular flexibility index (Phi) is 7.10. The van der Waals surface area contributed by atoms with Crippen molar-refractivity contribution in [3.63, 3.8) is 0 Å². The number of amides is 1. The zero-order valence-corrected chi connectivity index (χ0v) is 16.1. The molecule has 0 radical (unpaired) electrons. The molecule has 25 heavy (non-hydrogen) atoms. The topological polar surface area (TPSA) is 102 Å². The average Bonchev–Trinajstić information content (AvgIpc) is 3.16. The number of hydrogen-bond donors (Lipinski definition) is 1. The molecule has 0 aromatic carbocycles. The molecule has 1 aliphatic heterocycles. The fraction of sp³-hybridized carbons (Fsp3) is 0.882. The third kappa shape index (κ3) is 6.17. The summed E-state index contributed by atoms with van der Waals surface area (Å²) < 4.78 is 23.6. The Balaban J connectivity index is 1.93. The summed E-state index contributed by atoms with van der Waals surface area (Å²) in [7, 11) is -3.04. The van der Waals surface area contributed by atoms with Crippen LogP contribution in [0.3, 0.4) is 0 Å². The van der Waals surface area contributed by atoms with Gasteiger partial charge in [-0.3, -0.25) is 4.79 Å². The van der Waals surface area contributed by atoms with Gasteiger partial charge < -0.3 is 15.5 Å². The monoisotopic (exact) mass is 373 g/mol. The molecule has 1 saturated heterocycles. The molecular weight excluding hydrogens is 342 g/mol. The lowest BCUT2D eigenvalue weighted by Crippen LogP contribution is -2.48. The molecule has 1 aliphatic carbocycles. The summed E-state index contributed by atoms with van der Waals surface area (Å²) >= 11 is 0. The third-order valence-corrected chi connectivity index (χ3v) is 6.71. The van der Waals surface area contributed by atoms with Crippen molar-refractivity contribution < 1.29 is 18.0 Å². The van der Waals surface area contributed by atoms with Crippen molar-refractivity contribution in [1.29, 1.82) is 0 Å². The minimum atomic E-state index is -3.04. The Morgan fingerprint density at radius 1 is 1.24 bits per heavy atom. The Bertz CT molecular complexity index is 583. The number of carbonyl (C=O) groups excluding carboxylic acids is 1. The number of nitrogens with zero attached hydrogens (tertiary/aromatic N) is 2. The smallest absolute Gasteiger partial charge is 0.263 e. The highest BCUT2D eigenvalue weighted by Crippen LogP contribution is 2.29. The quantitative estimate of drug-likeness (QED) is 0.396. The summed E-state index contributed by atoms with van der Waals surface area (Å²) in [6, 6.07) is -0.108. The summed E-state index contributed by atoms with van der Waals surface area (Å²) in [6.45, 7) is 4.02. The fourth-order valence-corrected chi connectivity index (χ4v) is 5.32. The molecule has 8 heteroatoms. The van der Waals surface area contributed by atoms with Gasteiger partial charge in [0.25, 0.3) is 5.91 Å². The average molecular weight is 374 g/mol. The van der Waals surface area contributed by atoms with E-state index < -0.39 is 9.84 Å². The molecule has 2 aliphatic rings. The van der Waals surface area contributed by atoms with Crippen LogP contribution in [0, 0.1) is 5.92 Å². The molecule has 0 aromatic heterocycles. The minimum Gasteiger partial charge on any atom is -0.384 e. The van der Waals surface area contributed by atoms with Crippen LogP contribution in [0.15, 0.2) is 5.16 Å².